The molecule has 2 N–H and O–H groups in total. The standard InChI is InChI=1S/C19H17FN6O2/c1-11-16(18(27)22-14-5-3-4-6-15(14)28-2)17(12-7-9-13(20)10-8-12)26-19(21-11)23-24-25-26/h3-10,17H,1-2H3,(H,22,27)(H,21,23,25). The van der Waals surface area contributed by atoms with E-state index >= 15 is 0 Å². The van der Waals surface area contributed by atoms with Gasteiger partial charge >= 0.3 is 0 Å². The summed E-state index contributed by atoms with van der Waals surface area (Å²) in [5.41, 5.74) is 2.23. The Morgan fingerprint density at radius 1 is 1.21 bits per heavy atom. The number of carbonyl (C=O) groups excluding carboxylic acids is 1. The van der Waals surface area contributed by atoms with Crippen molar-refractivity contribution in [2.45, 2.75) is 13.0 Å². The Kier molecular flexibility index (Phi) is 4.48. The predicted octanol–water partition coefficient (Wildman–Crippen LogP) is 2.75. The second kappa shape index (κ2) is 7.10. The van der Waals surface area contributed by atoms with Crippen molar-refractivity contribution in [3.05, 3.63) is 71.2 Å². The molecule has 0 saturated carbocycles. The van der Waals surface area contributed by atoms with Crippen LogP contribution >= 0.6 is 0 Å². The number of aromatic nitrogens is 4. The zero-order valence-corrected chi connectivity index (χ0v) is 15.2. The number of para-hydroxylation sites is 2. The number of ether oxygens (including phenoxy) is 1. The third-order valence-electron chi connectivity index (χ3n) is 4.50. The van der Waals surface area contributed by atoms with Gasteiger partial charge in [0.25, 0.3) is 5.91 Å². The third-order valence-corrected chi connectivity index (χ3v) is 4.50. The maximum Gasteiger partial charge on any atom is 0.255 e. The van der Waals surface area contributed by atoms with Crippen LogP contribution in [0.25, 0.3) is 0 Å². The first-order chi connectivity index (χ1) is 13.6. The lowest BCUT2D eigenvalue weighted by Crippen LogP contribution is -2.31. The van der Waals surface area contributed by atoms with Crippen LogP contribution in [0.1, 0.15) is 18.5 Å². The van der Waals surface area contributed by atoms with Crippen molar-refractivity contribution in [1.82, 2.24) is 20.2 Å². The highest BCUT2D eigenvalue weighted by atomic mass is 19.1. The number of hydrogen-bond donors (Lipinski definition) is 2. The molecule has 0 bridgehead atoms. The van der Waals surface area contributed by atoms with Crippen LogP contribution in [0.2, 0.25) is 0 Å². The van der Waals surface area contributed by atoms with Gasteiger partial charge in [0.1, 0.15) is 17.6 Å². The highest BCUT2D eigenvalue weighted by molar-refractivity contribution is 6.06. The fourth-order valence-corrected chi connectivity index (χ4v) is 3.20. The molecule has 28 heavy (non-hydrogen) atoms. The maximum absolute atomic E-state index is 13.4. The van der Waals surface area contributed by atoms with Crippen LogP contribution in [0, 0.1) is 5.82 Å². The smallest absolute Gasteiger partial charge is 0.255 e. The molecule has 3 aromatic rings. The fraction of sp³-hybridized carbons (Fsp3) is 0.158. The van der Waals surface area contributed by atoms with Crippen molar-refractivity contribution < 1.29 is 13.9 Å². The van der Waals surface area contributed by atoms with E-state index in [-0.39, 0.29) is 11.7 Å². The monoisotopic (exact) mass is 380 g/mol. The van der Waals surface area contributed by atoms with Crippen LogP contribution in [0.15, 0.2) is 59.8 Å². The van der Waals surface area contributed by atoms with Crippen LogP contribution in [0.5, 0.6) is 5.75 Å². The van der Waals surface area contributed by atoms with Crippen molar-refractivity contribution >= 4 is 17.5 Å². The van der Waals surface area contributed by atoms with E-state index in [4.69, 9.17) is 4.74 Å². The molecule has 1 atom stereocenters. The second-order valence-electron chi connectivity index (χ2n) is 6.22. The first kappa shape index (κ1) is 17.7. The number of rotatable bonds is 4. The van der Waals surface area contributed by atoms with Gasteiger partial charge in [0.05, 0.1) is 18.4 Å². The SMILES string of the molecule is COc1ccccc1NC(=O)C1=C(C)Nc2nnnn2C1c1ccc(F)cc1. The summed E-state index contributed by atoms with van der Waals surface area (Å²) in [4.78, 5) is 13.2. The number of amides is 1. The zero-order chi connectivity index (χ0) is 19.7. The molecule has 0 aliphatic carbocycles. The van der Waals surface area contributed by atoms with Crippen LogP contribution in [0.4, 0.5) is 16.0 Å². The summed E-state index contributed by atoms with van der Waals surface area (Å²) in [5.74, 6) is 0.236. The van der Waals surface area contributed by atoms with Crippen LogP contribution < -0.4 is 15.4 Å². The molecule has 0 radical (unpaired) electrons. The molecule has 1 amide bonds. The molecule has 0 fully saturated rings. The lowest BCUT2D eigenvalue weighted by molar-refractivity contribution is -0.113. The molecule has 1 unspecified atom stereocenters. The summed E-state index contributed by atoms with van der Waals surface area (Å²) in [5, 5.41) is 17.5. The summed E-state index contributed by atoms with van der Waals surface area (Å²) < 4.78 is 20.2. The quantitative estimate of drug-likeness (QED) is 0.723. The van der Waals surface area contributed by atoms with E-state index < -0.39 is 6.04 Å². The summed E-state index contributed by atoms with van der Waals surface area (Å²) in [7, 11) is 1.53. The van der Waals surface area contributed by atoms with Crippen molar-refractivity contribution in [1.29, 1.82) is 0 Å². The Labute approximate surface area is 160 Å². The lowest BCUT2D eigenvalue weighted by atomic mass is 9.95. The summed E-state index contributed by atoms with van der Waals surface area (Å²) in [6.07, 6.45) is 0. The molecule has 8 nitrogen and oxygen atoms in total. The average Bonchev–Trinajstić information content (AvgIpc) is 3.16. The molecule has 142 valence electrons. The van der Waals surface area contributed by atoms with Crippen molar-refractivity contribution in [3.8, 4) is 5.75 Å². The number of nitrogens with zero attached hydrogens (tertiary/aromatic N) is 4. The molecule has 1 aromatic heterocycles. The molecule has 1 aliphatic rings. The lowest BCUT2D eigenvalue weighted by Gasteiger charge is -2.28. The number of carbonyl (C=O) groups is 1. The number of hydrogen-bond acceptors (Lipinski definition) is 6. The van der Waals surface area contributed by atoms with Gasteiger partial charge < -0.3 is 15.4 Å². The van der Waals surface area contributed by atoms with Gasteiger partial charge in [-0.25, -0.2) is 4.39 Å². The Balaban J connectivity index is 1.76. The maximum atomic E-state index is 13.4. The van der Waals surface area contributed by atoms with Gasteiger partial charge in [0, 0.05) is 5.70 Å². The van der Waals surface area contributed by atoms with Crippen molar-refractivity contribution in [3.63, 3.8) is 0 Å². The number of allylic oxidation sites excluding steroid dienone is 1. The minimum absolute atomic E-state index is 0.343. The van der Waals surface area contributed by atoms with E-state index in [2.05, 4.69) is 26.2 Å². The molecule has 0 saturated heterocycles. The first-order valence-electron chi connectivity index (χ1n) is 8.54. The highest BCUT2D eigenvalue weighted by Gasteiger charge is 2.34. The number of halogens is 1. The third kappa shape index (κ3) is 3.07. The van der Waals surface area contributed by atoms with Gasteiger partial charge in [-0.15, -0.1) is 0 Å². The molecule has 2 heterocycles. The molecule has 4 rings (SSSR count). The molecule has 2 aromatic carbocycles. The predicted molar refractivity (Wildman–Crippen MR) is 100 cm³/mol. The normalized spacial score (nSPS) is 15.6. The Morgan fingerprint density at radius 2 is 1.96 bits per heavy atom. The second-order valence-corrected chi connectivity index (χ2v) is 6.22. The molecule has 0 spiro atoms. The van der Waals surface area contributed by atoms with E-state index in [1.807, 2.05) is 6.07 Å². The first-order valence-corrected chi connectivity index (χ1v) is 8.54. The Morgan fingerprint density at radius 3 is 2.71 bits per heavy atom. The summed E-state index contributed by atoms with van der Waals surface area (Å²) >= 11 is 0. The highest BCUT2D eigenvalue weighted by Crippen LogP contribution is 2.35. The van der Waals surface area contributed by atoms with Gasteiger partial charge in [-0.1, -0.05) is 29.4 Å². The number of fused-ring (bicyclic) bond motifs is 1. The summed E-state index contributed by atoms with van der Waals surface area (Å²) in [6.45, 7) is 1.77. The van der Waals surface area contributed by atoms with Gasteiger partial charge in [0.15, 0.2) is 0 Å². The van der Waals surface area contributed by atoms with E-state index in [0.717, 1.165) is 0 Å². The minimum atomic E-state index is -0.610. The van der Waals surface area contributed by atoms with Crippen LogP contribution in [-0.2, 0) is 4.79 Å². The van der Waals surface area contributed by atoms with Gasteiger partial charge in [-0.2, -0.15) is 4.68 Å². The number of nitrogens with one attached hydrogen (secondary N) is 2. The zero-order valence-electron chi connectivity index (χ0n) is 15.2. The van der Waals surface area contributed by atoms with Gasteiger partial charge in [0.2, 0.25) is 5.95 Å². The Hall–Kier alpha value is -3.75. The van der Waals surface area contributed by atoms with Crippen LogP contribution in [0.3, 0.4) is 0 Å². The molecular formula is C19H17FN6O2. The largest absolute Gasteiger partial charge is 0.495 e. The number of tetrazole rings is 1. The molecule has 9 heteroatoms. The Bertz CT molecular complexity index is 1060. The van der Waals surface area contributed by atoms with E-state index in [9.17, 15) is 9.18 Å². The van der Waals surface area contributed by atoms with Crippen molar-refractivity contribution in [2.24, 2.45) is 0 Å². The van der Waals surface area contributed by atoms with E-state index in [1.54, 1.807) is 37.3 Å². The van der Waals surface area contributed by atoms with Crippen molar-refractivity contribution in [2.75, 3.05) is 17.7 Å². The van der Waals surface area contributed by atoms with Crippen LogP contribution in [-0.4, -0.2) is 33.2 Å². The topological polar surface area (TPSA) is 94.0 Å². The number of anilines is 2. The van der Waals surface area contributed by atoms with E-state index in [1.165, 1.54) is 23.9 Å². The van der Waals surface area contributed by atoms with E-state index in [0.29, 0.717) is 34.2 Å². The molecule has 1 aliphatic heterocycles. The molecular weight excluding hydrogens is 363 g/mol. The summed E-state index contributed by atoms with van der Waals surface area (Å²) in [6, 6.07) is 12.4. The average molecular weight is 380 g/mol. The minimum Gasteiger partial charge on any atom is -0.495 e. The van der Waals surface area contributed by atoms with Gasteiger partial charge in [-0.3, -0.25) is 4.79 Å². The van der Waals surface area contributed by atoms with Gasteiger partial charge in [-0.05, 0) is 47.2 Å². The number of benzene rings is 2. The fourth-order valence-electron chi connectivity index (χ4n) is 3.20. The number of methoxy groups -OCH3 is 1.